The Morgan fingerprint density at radius 2 is 1.71 bits per heavy atom. The number of benzene rings is 2. The van der Waals surface area contributed by atoms with Gasteiger partial charge in [-0.05, 0) is 34.7 Å². The summed E-state index contributed by atoms with van der Waals surface area (Å²) in [5.41, 5.74) is 2.04. The van der Waals surface area contributed by atoms with E-state index in [1.165, 1.54) is 0 Å². The van der Waals surface area contributed by atoms with E-state index in [-0.39, 0.29) is 0 Å². The van der Waals surface area contributed by atoms with Crippen LogP contribution in [0.1, 0.15) is 11.1 Å². The first kappa shape index (κ1) is 12.8. The third-order valence-corrected chi connectivity index (χ3v) is 3.71. The van der Waals surface area contributed by atoms with Crippen molar-refractivity contribution in [2.24, 2.45) is 0 Å². The van der Waals surface area contributed by atoms with Gasteiger partial charge in [0.15, 0.2) is 0 Å². The van der Waals surface area contributed by atoms with E-state index in [0.29, 0.717) is 22.5 Å². The minimum atomic E-state index is 0.422. The van der Waals surface area contributed by atoms with Crippen LogP contribution in [0.3, 0.4) is 0 Å². The van der Waals surface area contributed by atoms with Crippen molar-refractivity contribution in [3.8, 4) is 5.75 Å². The van der Waals surface area contributed by atoms with Crippen molar-refractivity contribution in [2.75, 3.05) is 7.11 Å². The quantitative estimate of drug-likeness (QED) is 0.724. The summed E-state index contributed by atoms with van der Waals surface area (Å²) in [4.78, 5) is 0. The lowest BCUT2D eigenvalue weighted by molar-refractivity contribution is 0.415. The van der Waals surface area contributed by atoms with Crippen LogP contribution in [0.25, 0.3) is 10.8 Å². The summed E-state index contributed by atoms with van der Waals surface area (Å²) < 4.78 is 5.19. The van der Waals surface area contributed by atoms with Crippen LogP contribution in [0.5, 0.6) is 5.75 Å². The maximum atomic E-state index is 6.27. The standard InChI is InChI=1S/C13H11Cl3O/c1-17-12-3-2-8-4-9(6-14)10(7-15)5-11(8)13(12)16/h2-5H,6-7H2,1H3. The third-order valence-electron chi connectivity index (χ3n) is 2.75. The molecule has 90 valence electrons. The molecule has 2 aromatic carbocycles. The van der Waals surface area contributed by atoms with Crippen LogP contribution in [-0.2, 0) is 11.8 Å². The Morgan fingerprint density at radius 1 is 1.06 bits per heavy atom. The van der Waals surface area contributed by atoms with Gasteiger partial charge in [-0.2, -0.15) is 0 Å². The molecule has 0 N–H and O–H groups in total. The SMILES string of the molecule is COc1ccc2cc(CCl)c(CCl)cc2c1Cl. The predicted octanol–water partition coefficient (Wildman–Crippen LogP) is 4.98. The summed E-state index contributed by atoms with van der Waals surface area (Å²) in [5, 5.41) is 2.59. The Hall–Kier alpha value is -0.630. The number of hydrogen-bond acceptors (Lipinski definition) is 1. The van der Waals surface area contributed by atoms with Crippen LogP contribution < -0.4 is 4.74 Å². The number of halogens is 3. The van der Waals surface area contributed by atoms with E-state index in [9.17, 15) is 0 Å². The van der Waals surface area contributed by atoms with Gasteiger partial charge in [0, 0.05) is 17.1 Å². The van der Waals surface area contributed by atoms with E-state index in [0.717, 1.165) is 21.9 Å². The van der Waals surface area contributed by atoms with Crippen LogP contribution in [0, 0.1) is 0 Å². The molecule has 0 aliphatic rings. The van der Waals surface area contributed by atoms with Crippen LogP contribution in [0.2, 0.25) is 5.02 Å². The molecule has 0 spiro atoms. The monoisotopic (exact) mass is 288 g/mol. The van der Waals surface area contributed by atoms with E-state index >= 15 is 0 Å². The second kappa shape index (κ2) is 5.34. The van der Waals surface area contributed by atoms with Crippen LogP contribution in [0.4, 0.5) is 0 Å². The van der Waals surface area contributed by atoms with Crippen LogP contribution >= 0.6 is 34.8 Å². The summed E-state index contributed by atoms with van der Waals surface area (Å²) in [7, 11) is 1.60. The molecule has 0 aromatic heterocycles. The van der Waals surface area contributed by atoms with Gasteiger partial charge in [-0.1, -0.05) is 17.7 Å². The lowest BCUT2D eigenvalue weighted by Gasteiger charge is -2.10. The predicted molar refractivity (Wildman–Crippen MR) is 74.6 cm³/mol. The van der Waals surface area contributed by atoms with Crippen molar-refractivity contribution in [3.05, 3.63) is 40.4 Å². The first-order valence-electron chi connectivity index (χ1n) is 5.11. The van der Waals surface area contributed by atoms with E-state index < -0.39 is 0 Å². The Kier molecular flexibility index (Phi) is 4.03. The Balaban J connectivity index is 2.74. The van der Waals surface area contributed by atoms with Gasteiger partial charge in [-0.3, -0.25) is 0 Å². The number of rotatable bonds is 3. The van der Waals surface area contributed by atoms with E-state index in [1.54, 1.807) is 7.11 Å². The molecule has 0 aliphatic heterocycles. The number of hydrogen-bond donors (Lipinski definition) is 0. The third kappa shape index (κ3) is 2.33. The molecule has 0 aliphatic carbocycles. The highest BCUT2D eigenvalue weighted by molar-refractivity contribution is 6.37. The number of fused-ring (bicyclic) bond motifs is 1. The van der Waals surface area contributed by atoms with Crippen molar-refractivity contribution in [1.29, 1.82) is 0 Å². The smallest absolute Gasteiger partial charge is 0.138 e. The van der Waals surface area contributed by atoms with Gasteiger partial charge < -0.3 is 4.74 Å². The van der Waals surface area contributed by atoms with Gasteiger partial charge in [0.25, 0.3) is 0 Å². The lowest BCUT2D eigenvalue weighted by Crippen LogP contribution is -1.91. The molecule has 0 fully saturated rings. The average Bonchev–Trinajstić information content (AvgIpc) is 2.38. The average molecular weight is 290 g/mol. The fraction of sp³-hybridized carbons (Fsp3) is 0.231. The summed E-state index contributed by atoms with van der Waals surface area (Å²) in [5.74, 6) is 1.53. The van der Waals surface area contributed by atoms with E-state index in [1.807, 2.05) is 24.3 Å². The maximum absolute atomic E-state index is 6.27. The molecule has 0 amide bonds. The van der Waals surface area contributed by atoms with Gasteiger partial charge in [0.05, 0.1) is 12.1 Å². The second-order valence-corrected chi connectivity index (χ2v) is 4.60. The Labute approximate surface area is 115 Å². The van der Waals surface area contributed by atoms with Gasteiger partial charge in [0.1, 0.15) is 5.75 Å². The van der Waals surface area contributed by atoms with Crippen molar-refractivity contribution in [3.63, 3.8) is 0 Å². The zero-order chi connectivity index (χ0) is 12.4. The fourth-order valence-electron chi connectivity index (χ4n) is 1.81. The largest absolute Gasteiger partial charge is 0.495 e. The summed E-state index contributed by atoms with van der Waals surface area (Å²) >= 11 is 18.1. The molecule has 0 bridgehead atoms. The molecule has 17 heavy (non-hydrogen) atoms. The topological polar surface area (TPSA) is 9.23 Å². The molecule has 2 aromatic rings. The zero-order valence-electron chi connectivity index (χ0n) is 9.27. The second-order valence-electron chi connectivity index (χ2n) is 3.69. The van der Waals surface area contributed by atoms with Crippen LogP contribution in [0.15, 0.2) is 24.3 Å². The first-order valence-corrected chi connectivity index (χ1v) is 6.56. The highest BCUT2D eigenvalue weighted by atomic mass is 35.5. The Morgan fingerprint density at radius 3 is 2.29 bits per heavy atom. The highest BCUT2D eigenvalue weighted by Gasteiger charge is 2.09. The summed E-state index contributed by atoms with van der Waals surface area (Å²) in [6.45, 7) is 0. The van der Waals surface area contributed by atoms with Gasteiger partial charge >= 0.3 is 0 Å². The first-order chi connectivity index (χ1) is 8.21. The van der Waals surface area contributed by atoms with E-state index in [4.69, 9.17) is 39.5 Å². The molecule has 0 saturated carbocycles. The molecule has 4 heteroatoms. The normalized spacial score (nSPS) is 10.8. The highest BCUT2D eigenvalue weighted by Crippen LogP contribution is 2.34. The van der Waals surface area contributed by atoms with Gasteiger partial charge in [-0.25, -0.2) is 0 Å². The summed E-state index contributed by atoms with van der Waals surface area (Å²) in [6, 6.07) is 7.81. The zero-order valence-corrected chi connectivity index (χ0v) is 11.5. The van der Waals surface area contributed by atoms with Crippen molar-refractivity contribution in [1.82, 2.24) is 0 Å². The lowest BCUT2D eigenvalue weighted by atomic mass is 10.0. The summed E-state index contributed by atoms with van der Waals surface area (Å²) in [6.07, 6.45) is 0. The molecular weight excluding hydrogens is 279 g/mol. The Bertz CT molecular complexity index is 552. The van der Waals surface area contributed by atoms with Crippen molar-refractivity contribution >= 4 is 45.6 Å². The molecule has 0 radical (unpaired) electrons. The number of ether oxygens (including phenoxy) is 1. The molecule has 2 rings (SSSR count). The molecule has 0 saturated heterocycles. The molecule has 0 atom stereocenters. The molecular formula is C13H11Cl3O. The molecule has 0 heterocycles. The number of alkyl halides is 2. The maximum Gasteiger partial charge on any atom is 0.138 e. The fourth-order valence-corrected chi connectivity index (χ4v) is 2.62. The van der Waals surface area contributed by atoms with Crippen LogP contribution in [-0.4, -0.2) is 7.11 Å². The minimum Gasteiger partial charge on any atom is -0.495 e. The molecule has 1 nitrogen and oxygen atoms in total. The van der Waals surface area contributed by atoms with Gasteiger partial charge in [0.2, 0.25) is 0 Å². The van der Waals surface area contributed by atoms with Gasteiger partial charge in [-0.15, -0.1) is 23.2 Å². The number of methoxy groups -OCH3 is 1. The van der Waals surface area contributed by atoms with Crippen molar-refractivity contribution in [2.45, 2.75) is 11.8 Å². The van der Waals surface area contributed by atoms with E-state index in [2.05, 4.69) is 0 Å². The van der Waals surface area contributed by atoms with Crippen molar-refractivity contribution < 1.29 is 4.74 Å². The minimum absolute atomic E-state index is 0.422. The molecule has 0 unspecified atom stereocenters.